The van der Waals surface area contributed by atoms with Crippen molar-refractivity contribution >= 4 is 11.8 Å². The van der Waals surface area contributed by atoms with Crippen LogP contribution in [0, 0.1) is 0 Å². The van der Waals surface area contributed by atoms with Crippen molar-refractivity contribution in [2.45, 2.75) is 42.4 Å². The van der Waals surface area contributed by atoms with Crippen molar-refractivity contribution in [3.63, 3.8) is 0 Å². The highest BCUT2D eigenvalue weighted by atomic mass is 32.2. The number of aryl methyl sites for hydroxylation is 1. The van der Waals surface area contributed by atoms with Crippen LogP contribution in [0.25, 0.3) is 11.3 Å². The average molecular weight is 473 g/mol. The van der Waals surface area contributed by atoms with Crippen molar-refractivity contribution in [3.8, 4) is 22.8 Å². The summed E-state index contributed by atoms with van der Waals surface area (Å²) in [6.45, 7) is 4.82. The molecule has 0 aliphatic carbocycles. The number of aromatic hydroxyl groups is 1. The van der Waals surface area contributed by atoms with Gasteiger partial charge in [0, 0.05) is 16.5 Å². The summed E-state index contributed by atoms with van der Waals surface area (Å²) in [5.41, 5.74) is 2.56. The Balaban J connectivity index is 1.42. The zero-order valence-corrected chi connectivity index (χ0v) is 20.2. The SMILES string of the molecule is CC(C)c1ccccc1Sc1c(O)cc(-c2ccc(OCCCc3ccccc3)cc2)oc1=O. The summed E-state index contributed by atoms with van der Waals surface area (Å²) in [4.78, 5) is 13.8. The van der Waals surface area contributed by atoms with Crippen LogP contribution >= 0.6 is 11.8 Å². The summed E-state index contributed by atoms with van der Waals surface area (Å²) in [5, 5.41) is 10.6. The van der Waals surface area contributed by atoms with E-state index in [4.69, 9.17) is 9.15 Å². The second-order valence-corrected chi connectivity index (χ2v) is 9.42. The van der Waals surface area contributed by atoms with Gasteiger partial charge in [0.25, 0.3) is 0 Å². The van der Waals surface area contributed by atoms with Crippen LogP contribution < -0.4 is 10.4 Å². The second-order valence-electron chi connectivity index (χ2n) is 8.37. The molecule has 0 fully saturated rings. The third-order valence-corrected chi connectivity index (χ3v) is 6.67. The Kier molecular flexibility index (Phi) is 7.76. The number of hydrogen-bond acceptors (Lipinski definition) is 5. The van der Waals surface area contributed by atoms with E-state index in [2.05, 4.69) is 26.0 Å². The highest BCUT2D eigenvalue weighted by Crippen LogP contribution is 2.37. The largest absolute Gasteiger partial charge is 0.506 e. The van der Waals surface area contributed by atoms with Crippen molar-refractivity contribution in [3.05, 3.63) is 106 Å². The van der Waals surface area contributed by atoms with Gasteiger partial charge in [-0.15, -0.1) is 0 Å². The molecule has 3 aromatic carbocycles. The van der Waals surface area contributed by atoms with Gasteiger partial charge in [-0.25, -0.2) is 4.79 Å². The molecule has 5 heteroatoms. The van der Waals surface area contributed by atoms with Gasteiger partial charge in [0.1, 0.15) is 22.2 Å². The van der Waals surface area contributed by atoms with E-state index in [0.717, 1.165) is 29.1 Å². The second kappa shape index (κ2) is 11.1. The Hall–Kier alpha value is -3.44. The molecule has 0 saturated heterocycles. The molecular weight excluding hydrogens is 444 g/mol. The molecule has 0 saturated carbocycles. The highest BCUT2D eigenvalue weighted by Gasteiger charge is 2.16. The van der Waals surface area contributed by atoms with Crippen molar-refractivity contribution in [2.75, 3.05) is 6.61 Å². The van der Waals surface area contributed by atoms with Crippen LogP contribution in [0.2, 0.25) is 0 Å². The van der Waals surface area contributed by atoms with Crippen LogP contribution in [0.5, 0.6) is 11.5 Å². The fourth-order valence-electron chi connectivity index (χ4n) is 3.69. The minimum absolute atomic E-state index is 0.0870. The molecular formula is C29H28O4S. The van der Waals surface area contributed by atoms with Gasteiger partial charge in [-0.2, -0.15) is 0 Å². The van der Waals surface area contributed by atoms with Crippen LogP contribution in [-0.4, -0.2) is 11.7 Å². The lowest BCUT2D eigenvalue weighted by Gasteiger charge is -2.12. The molecule has 4 aromatic rings. The molecule has 0 radical (unpaired) electrons. The third-order valence-electron chi connectivity index (χ3n) is 5.50. The lowest BCUT2D eigenvalue weighted by Crippen LogP contribution is -2.03. The first-order valence-electron chi connectivity index (χ1n) is 11.4. The van der Waals surface area contributed by atoms with Crippen LogP contribution in [0.15, 0.2) is 104 Å². The summed E-state index contributed by atoms with van der Waals surface area (Å²) in [5.74, 6) is 1.28. The third kappa shape index (κ3) is 5.91. The summed E-state index contributed by atoms with van der Waals surface area (Å²) in [7, 11) is 0. The lowest BCUT2D eigenvalue weighted by molar-refractivity contribution is 0.311. The smallest absolute Gasteiger partial charge is 0.354 e. The first-order chi connectivity index (χ1) is 16.5. The Morgan fingerprint density at radius 2 is 1.65 bits per heavy atom. The van der Waals surface area contributed by atoms with E-state index >= 15 is 0 Å². The van der Waals surface area contributed by atoms with E-state index in [9.17, 15) is 9.90 Å². The Morgan fingerprint density at radius 1 is 0.941 bits per heavy atom. The van der Waals surface area contributed by atoms with Crippen molar-refractivity contribution in [1.29, 1.82) is 0 Å². The lowest BCUT2D eigenvalue weighted by atomic mass is 10.0. The van der Waals surface area contributed by atoms with Gasteiger partial charge in [0.15, 0.2) is 0 Å². The Morgan fingerprint density at radius 3 is 2.35 bits per heavy atom. The minimum atomic E-state index is -0.556. The van der Waals surface area contributed by atoms with Crippen LogP contribution in [0.1, 0.15) is 37.3 Å². The summed E-state index contributed by atoms with van der Waals surface area (Å²) in [6, 6.07) is 27.0. The molecule has 34 heavy (non-hydrogen) atoms. The monoisotopic (exact) mass is 472 g/mol. The summed E-state index contributed by atoms with van der Waals surface area (Å²) < 4.78 is 11.4. The summed E-state index contributed by atoms with van der Waals surface area (Å²) in [6.07, 6.45) is 1.89. The van der Waals surface area contributed by atoms with E-state index in [1.54, 1.807) is 0 Å². The van der Waals surface area contributed by atoms with E-state index in [0.29, 0.717) is 23.8 Å². The predicted molar refractivity (Wildman–Crippen MR) is 137 cm³/mol. The predicted octanol–water partition coefficient (Wildman–Crippen LogP) is 7.30. The van der Waals surface area contributed by atoms with Gasteiger partial charge < -0.3 is 14.3 Å². The Labute approximate surface area is 204 Å². The van der Waals surface area contributed by atoms with Crippen LogP contribution in [-0.2, 0) is 6.42 Å². The van der Waals surface area contributed by atoms with E-state index in [-0.39, 0.29) is 10.6 Å². The molecule has 4 rings (SSSR count). The molecule has 1 N–H and O–H groups in total. The number of rotatable bonds is 9. The maximum absolute atomic E-state index is 12.7. The maximum Gasteiger partial charge on any atom is 0.354 e. The molecule has 0 aliphatic rings. The van der Waals surface area contributed by atoms with Crippen LogP contribution in [0.4, 0.5) is 0 Å². The van der Waals surface area contributed by atoms with Gasteiger partial charge in [-0.05, 0) is 60.2 Å². The molecule has 174 valence electrons. The molecule has 1 aromatic heterocycles. The fourth-order valence-corrected chi connectivity index (χ4v) is 4.77. The molecule has 1 heterocycles. The van der Waals surface area contributed by atoms with Crippen molar-refractivity contribution in [1.82, 2.24) is 0 Å². The maximum atomic E-state index is 12.7. The van der Waals surface area contributed by atoms with Crippen molar-refractivity contribution in [2.24, 2.45) is 0 Å². The quantitative estimate of drug-likeness (QED) is 0.259. The van der Waals surface area contributed by atoms with E-state index in [1.807, 2.05) is 66.7 Å². The average Bonchev–Trinajstić information content (AvgIpc) is 2.85. The molecule has 0 atom stereocenters. The first-order valence-corrected chi connectivity index (χ1v) is 12.2. The highest BCUT2D eigenvalue weighted by molar-refractivity contribution is 7.99. The number of hydrogen-bond donors (Lipinski definition) is 1. The van der Waals surface area contributed by atoms with Crippen LogP contribution in [0.3, 0.4) is 0 Å². The molecule has 0 amide bonds. The minimum Gasteiger partial charge on any atom is -0.506 e. The Bertz CT molecular complexity index is 1280. The topological polar surface area (TPSA) is 59.7 Å². The number of ether oxygens (including phenoxy) is 1. The van der Waals surface area contributed by atoms with Gasteiger partial charge in [-0.1, -0.05) is 74.1 Å². The summed E-state index contributed by atoms with van der Waals surface area (Å²) >= 11 is 1.24. The van der Waals surface area contributed by atoms with Gasteiger partial charge in [0.2, 0.25) is 0 Å². The first kappa shape index (κ1) is 23.7. The fraction of sp³-hybridized carbons (Fsp3) is 0.207. The molecule has 0 bridgehead atoms. The normalized spacial score (nSPS) is 11.0. The van der Waals surface area contributed by atoms with E-state index < -0.39 is 5.63 Å². The van der Waals surface area contributed by atoms with Gasteiger partial charge in [0.05, 0.1) is 6.61 Å². The number of benzene rings is 3. The zero-order chi connectivity index (χ0) is 23.9. The van der Waals surface area contributed by atoms with Gasteiger partial charge in [-0.3, -0.25) is 0 Å². The molecule has 4 nitrogen and oxygen atoms in total. The molecule has 0 spiro atoms. The van der Waals surface area contributed by atoms with E-state index in [1.165, 1.54) is 23.4 Å². The van der Waals surface area contributed by atoms with Crippen molar-refractivity contribution < 1.29 is 14.3 Å². The molecule has 0 unspecified atom stereocenters. The standard InChI is InChI=1S/C29H28O4S/c1-20(2)24-12-6-7-13-27(24)34-28-25(30)19-26(33-29(28)31)22-14-16-23(17-15-22)32-18-8-11-21-9-4-3-5-10-21/h3-7,9-10,12-17,19-20,30H,8,11,18H2,1-2H3. The van der Waals surface area contributed by atoms with Gasteiger partial charge >= 0.3 is 5.63 Å². The molecule has 0 aliphatic heterocycles. The zero-order valence-electron chi connectivity index (χ0n) is 19.4.